The third-order valence-corrected chi connectivity index (χ3v) is 3.58. The quantitative estimate of drug-likeness (QED) is 0.725. The molecule has 1 fully saturated rings. The number of hydrogen-bond acceptors (Lipinski definition) is 4. The summed E-state index contributed by atoms with van der Waals surface area (Å²) in [5.74, 6) is -0.969. The number of likely N-dealkylation sites (tertiary alicyclic amines) is 1. The molecule has 0 spiro atoms. The number of carbonyl (C=O) groups is 2. The van der Waals surface area contributed by atoms with E-state index in [1.807, 2.05) is 13.8 Å². The lowest BCUT2D eigenvalue weighted by Gasteiger charge is -2.37. The van der Waals surface area contributed by atoms with E-state index in [1.54, 1.807) is 9.80 Å². The number of aliphatic carboxylic acids is 1. The maximum Gasteiger partial charge on any atom is 0.329 e. The van der Waals surface area contributed by atoms with Crippen LogP contribution in [0.4, 0.5) is 4.79 Å². The van der Waals surface area contributed by atoms with E-state index >= 15 is 0 Å². The Hall–Kier alpha value is -1.34. The summed E-state index contributed by atoms with van der Waals surface area (Å²) in [6, 6.07) is 0.0696. The van der Waals surface area contributed by atoms with Crippen molar-refractivity contribution in [2.75, 3.05) is 32.8 Å². The maximum absolute atomic E-state index is 12.5. The van der Waals surface area contributed by atoms with Crippen LogP contribution in [0.3, 0.4) is 0 Å². The number of rotatable bonds is 7. The number of hydrogen-bond donors (Lipinski definition) is 2. The van der Waals surface area contributed by atoms with Crippen molar-refractivity contribution in [2.45, 2.75) is 45.3 Å². The van der Waals surface area contributed by atoms with E-state index in [0.717, 1.165) is 0 Å². The molecule has 0 radical (unpaired) electrons. The summed E-state index contributed by atoms with van der Waals surface area (Å²) in [6.07, 6.45) is 1.80. The second-order valence-electron chi connectivity index (χ2n) is 5.54. The van der Waals surface area contributed by atoms with Gasteiger partial charge in [-0.1, -0.05) is 0 Å². The van der Waals surface area contributed by atoms with Crippen molar-refractivity contribution in [3.05, 3.63) is 0 Å². The molecule has 2 amide bonds. The fourth-order valence-corrected chi connectivity index (χ4v) is 2.40. The molecule has 2 N–H and O–H groups in total. The number of urea groups is 1. The van der Waals surface area contributed by atoms with E-state index in [2.05, 4.69) is 0 Å². The number of nitrogens with zero attached hydrogens (tertiary/aromatic N) is 2. The minimum atomic E-state index is -0.969. The van der Waals surface area contributed by atoms with Gasteiger partial charge in [-0.15, -0.1) is 0 Å². The molecule has 0 bridgehead atoms. The normalized spacial score (nSPS) is 16.3. The molecule has 0 saturated carbocycles. The van der Waals surface area contributed by atoms with Gasteiger partial charge in [0.15, 0.2) is 0 Å². The Balaban J connectivity index is 2.44. The molecule has 0 aromatic rings. The first-order chi connectivity index (χ1) is 9.95. The smallest absolute Gasteiger partial charge is 0.329 e. The molecule has 0 unspecified atom stereocenters. The van der Waals surface area contributed by atoms with Crippen molar-refractivity contribution in [3.63, 3.8) is 0 Å². The standard InChI is InChI=1S/C14H26N2O5/c1-11(2)16(6-3-9-17)14(20)15-7-4-12(5-8-15)21-10-13(18)19/h11-12,17H,3-10H2,1-2H3,(H,18,19). The van der Waals surface area contributed by atoms with Crippen LogP contribution in [0.25, 0.3) is 0 Å². The molecule has 1 rings (SSSR count). The van der Waals surface area contributed by atoms with Gasteiger partial charge < -0.3 is 24.7 Å². The Kier molecular flexibility index (Phi) is 7.45. The monoisotopic (exact) mass is 302 g/mol. The van der Waals surface area contributed by atoms with Gasteiger partial charge in [0.2, 0.25) is 0 Å². The molecule has 0 aliphatic carbocycles. The van der Waals surface area contributed by atoms with E-state index in [-0.39, 0.29) is 31.4 Å². The highest BCUT2D eigenvalue weighted by Gasteiger charge is 2.27. The molecule has 1 aliphatic rings. The first-order valence-corrected chi connectivity index (χ1v) is 7.45. The summed E-state index contributed by atoms with van der Waals surface area (Å²) in [4.78, 5) is 26.5. The van der Waals surface area contributed by atoms with E-state index < -0.39 is 5.97 Å². The maximum atomic E-state index is 12.5. The van der Waals surface area contributed by atoms with Crippen molar-refractivity contribution >= 4 is 12.0 Å². The lowest BCUT2D eigenvalue weighted by molar-refractivity contribution is -0.145. The number of carbonyl (C=O) groups excluding carboxylic acids is 1. The molecule has 0 aromatic carbocycles. The number of amides is 2. The Morgan fingerprint density at radius 2 is 1.95 bits per heavy atom. The Morgan fingerprint density at radius 1 is 1.33 bits per heavy atom. The molecular formula is C14H26N2O5. The van der Waals surface area contributed by atoms with Gasteiger partial charge in [-0.05, 0) is 33.1 Å². The van der Waals surface area contributed by atoms with Crippen molar-refractivity contribution in [3.8, 4) is 0 Å². The van der Waals surface area contributed by atoms with Crippen LogP contribution in [0.15, 0.2) is 0 Å². The van der Waals surface area contributed by atoms with E-state index in [1.165, 1.54) is 0 Å². The zero-order valence-corrected chi connectivity index (χ0v) is 12.8. The van der Waals surface area contributed by atoms with Crippen LogP contribution in [0.2, 0.25) is 0 Å². The van der Waals surface area contributed by atoms with Crippen molar-refractivity contribution < 1.29 is 24.5 Å². The van der Waals surface area contributed by atoms with Gasteiger partial charge in [0.1, 0.15) is 6.61 Å². The van der Waals surface area contributed by atoms with E-state index in [4.69, 9.17) is 14.9 Å². The number of piperidine rings is 1. The van der Waals surface area contributed by atoms with Crippen molar-refractivity contribution in [2.24, 2.45) is 0 Å². The van der Waals surface area contributed by atoms with Gasteiger partial charge >= 0.3 is 12.0 Å². The first-order valence-electron chi connectivity index (χ1n) is 7.45. The zero-order chi connectivity index (χ0) is 15.8. The second-order valence-corrected chi connectivity index (χ2v) is 5.54. The van der Waals surface area contributed by atoms with Crippen LogP contribution in [-0.4, -0.2) is 77.0 Å². The van der Waals surface area contributed by atoms with Crippen LogP contribution >= 0.6 is 0 Å². The zero-order valence-electron chi connectivity index (χ0n) is 12.8. The summed E-state index contributed by atoms with van der Waals surface area (Å²) in [7, 11) is 0. The molecule has 7 heteroatoms. The summed E-state index contributed by atoms with van der Waals surface area (Å²) < 4.78 is 5.26. The van der Waals surface area contributed by atoms with Crippen molar-refractivity contribution in [1.82, 2.24) is 9.80 Å². The van der Waals surface area contributed by atoms with E-state index in [0.29, 0.717) is 38.9 Å². The largest absolute Gasteiger partial charge is 0.480 e. The topological polar surface area (TPSA) is 90.3 Å². The van der Waals surface area contributed by atoms with Crippen LogP contribution in [0, 0.1) is 0 Å². The average Bonchev–Trinajstić information content (AvgIpc) is 2.45. The molecule has 122 valence electrons. The highest BCUT2D eigenvalue weighted by molar-refractivity contribution is 5.74. The number of ether oxygens (including phenoxy) is 1. The molecular weight excluding hydrogens is 276 g/mol. The fraction of sp³-hybridized carbons (Fsp3) is 0.857. The van der Waals surface area contributed by atoms with Crippen LogP contribution in [0.5, 0.6) is 0 Å². The molecule has 7 nitrogen and oxygen atoms in total. The van der Waals surface area contributed by atoms with Crippen LogP contribution in [0.1, 0.15) is 33.1 Å². The number of carboxylic acid groups (broad SMARTS) is 1. The summed E-state index contributed by atoms with van der Waals surface area (Å²) in [5, 5.41) is 17.5. The SMILES string of the molecule is CC(C)N(CCCO)C(=O)N1CCC(OCC(=O)O)CC1. The fourth-order valence-electron chi connectivity index (χ4n) is 2.40. The number of aliphatic hydroxyl groups is 1. The number of aliphatic hydroxyl groups excluding tert-OH is 1. The molecule has 1 heterocycles. The molecule has 0 atom stereocenters. The third kappa shape index (κ3) is 5.89. The first kappa shape index (κ1) is 17.7. The summed E-state index contributed by atoms with van der Waals surface area (Å²) in [5.41, 5.74) is 0. The molecule has 1 aliphatic heterocycles. The second kappa shape index (κ2) is 8.84. The molecule has 1 saturated heterocycles. The third-order valence-electron chi connectivity index (χ3n) is 3.58. The van der Waals surface area contributed by atoms with Crippen LogP contribution in [-0.2, 0) is 9.53 Å². The average molecular weight is 302 g/mol. The van der Waals surface area contributed by atoms with Gasteiger partial charge in [-0.3, -0.25) is 0 Å². The minimum Gasteiger partial charge on any atom is -0.480 e. The van der Waals surface area contributed by atoms with Gasteiger partial charge in [0.25, 0.3) is 0 Å². The highest BCUT2D eigenvalue weighted by Crippen LogP contribution is 2.16. The Morgan fingerprint density at radius 3 is 2.43 bits per heavy atom. The lowest BCUT2D eigenvalue weighted by atomic mass is 10.1. The van der Waals surface area contributed by atoms with Gasteiger partial charge in [-0.25, -0.2) is 9.59 Å². The predicted octanol–water partition coefficient (Wildman–Crippen LogP) is 0.765. The van der Waals surface area contributed by atoms with E-state index in [9.17, 15) is 9.59 Å². The van der Waals surface area contributed by atoms with Gasteiger partial charge in [0.05, 0.1) is 6.10 Å². The highest BCUT2D eigenvalue weighted by atomic mass is 16.5. The van der Waals surface area contributed by atoms with Crippen LogP contribution < -0.4 is 0 Å². The molecule has 21 heavy (non-hydrogen) atoms. The minimum absolute atomic E-state index is 0.0184. The Labute approximate surface area is 125 Å². The van der Waals surface area contributed by atoms with Gasteiger partial charge in [0, 0.05) is 32.3 Å². The summed E-state index contributed by atoms with van der Waals surface area (Å²) in [6.45, 7) is 5.39. The number of carboxylic acids is 1. The molecule has 0 aromatic heterocycles. The lowest BCUT2D eigenvalue weighted by Crippen LogP contribution is -2.50. The predicted molar refractivity (Wildman–Crippen MR) is 77.1 cm³/mol. The Bertz CT molecular complexity index is 340. The summed E-state index contributed by atoms with van der Waals surface area (Å²) >= 11 is 0. The van der Waals surface area contributed by atoms with Gasteiger partial charge in [-0.2, -0.15) is 0 Å². The van der Waals surface area contributed by atoms with Crippen molar-refractivity contribution in [1.29, 1.82) is 0 Å².